The Morgan fingerprint density at radius 3 is 2.44 bits per heavy atom. The third-order valence-corrected chi connectivity index (χ3v) is 2.95. The lowest BCUT2D eigenvalue weighted by Crippen LogP contribution is -2.31. The zero-order chi connectivity index (χ0) is 13.4. The maximum Gasteiger partial charge on any atom is 0.170 e. The van der Waals surface area contributed by atoms with Crippen molar-refractivity contribution in [3.05, 3.63) is 29.8 Å². The normalized spacial score (nSPS) is 10.4. The molecule has 0 aliphatic carbocycles. The zero-order valence-electron chi connectivity index (χ0n) is 11.6. The number of rotatable bonds is 6. The summed E-state index contributed by atoms with van der Waals surface area (Å²) in [7, 11) is 0. The number of benzene rings is 1. The Hall–Kier alpha value is -1.09. The first-order chi connectivity index (χ1) is 8.61. The average molecular weight is 264 g/mol. The fraction of sp³-hybridized carbons (Fsp3) is 0.533. The van der Waals surface area contributed by atoms with Crippen LogP contribution in [0.15, 0.2) is 24.3 Å². The van der Waals surface area contributed by atoms with Crippen molar-refractivity contribution in [1.29, 1.82) is 0 Å². The third-order valence-electron chi connectivity index (χ3n) is 2.70. The van der Waals surface area contributed by atoms with Crippen LogP contribution in [0.4, 0.5) is 5.69 Å². The Labute approximate surface area is 116 Å². The molecule has 0 radical (unpaired) electrons. The van der Waals surface area contributed by atoms with Crippen LogP contribution >= 0.6 is 12.2 Å². The highest BCUT2D eigenvalue weighted by atomic mass is 32.1. The molecule has 0 amide bonds. The third kappa shape index (κ3) is 6.01. The van der Waals surface area contributed by atoms with Crippen molar-refractivity contribution in [3.8, 4) is 0 Å². The molecule has 0 saturated carbocycles. The second-order valence-electron chi connectivity index (χ2n) is 5.03. The van der Waals surface area contributed by atoms with Gasteiger partial charge in [-0.1, -0.05) is 39.3 Å². The molecule has 2 N–H and O–H groups in total. The average Bonchev–Trinajstić information content (AvgIpc) is 2.35. The van der Waals surface area contributed by atoms with Gasteiger partial charge in [-0.05, 0) is 48.7 Å². The maximum absolute atomic E-state index is 5.24. The first-order valence-corrected chi connectivity index (χ1v) is 7.16. The molecule has 1 rings (SSSR count). The van der Waals surface area contributed by atoms with Crippen LogP contribution in [-0.4, -0.2) is 11.7 Å². The molecule has 2 nitrogen and oxygen atoms in total. The molecule has 0 fully saturated rings. The van der Waals surface area contributed by atoms with Gasteiger partial charge in [-0.3, -0.25) is 0 Å². The van der Waals surface area contributed by atoms with Crippen LogP contribution in [0.5, 0.6) is 0 Å². The number of aryl methyl sites for hydroxylation is 1. The van der Waals surface area contributed by atoms with Crippen LogP contribution in [0.25, 0.3) is 0 Å². The van der Waals surface area contributed by atoms with Crippen molar-refractivity contribution in [2.75, 3.05) is 11.9 Å². The lowest BCUT2D eigenvalue weighted by atomic mass is 10.1. The smallest absolute Gasteiger partial charge is 0.170 e. The molecule has 1 aromatic rings. The fourth-order valence-corrected chi connectivity index (χ4v) is 1.81. The van der Waals surface area contributed by atoms with Crippen LogP contribution in [0, 0.1) is 5.92 Å². The van der Waals surface area contributed by atoms with E-state index >= 15 is 0 Å². The topological polar surface area (TPSA) is 24.1 Å². The number of anilines is 1. The summed E-state index contributed by atoms with van der Waals surface area (Å²) in [4.78, 5) is 0. The largest absolute Gasteiger partial charge is 0.362 e. The molecule has 0 aliphatic rings. The van der Waals surface area contributed by atoms with Gasteiger partial charge in [-0.15, -0.1) is 0 Å². The molecule has 0 saturated heterocycles. The molecule has 3 heteroatoms. The fourth-order valence-electron chi connectivity index (χ4n) is 1.61. The maximum atomic E-state index is 5.24. The van der Waals surface area contributed by atoms with E-state index in [4.69, 9.17) is 12.2 Å². The van der Waals surface area contributed by atoms with Gasteiger partial charge in [0.05, 0.1) is 0 Å². The first kappa shape index (κ1) is 15.0. The predicted molar refractivity (Wildman–Crippen MR) is 84.1 cm³/mol. The molecule has 0 aliphatic heterocycles. The molecule has 0 atom stereocenters. The summed E-state index contributed by atoms with van der Waals surface area (Å²) < 4.78 is 0. The van der Waals surface area contributed by atoms with E-state index in [9.17, 15) is 0 Å². The van der Waals surface area contributed by atoms with E-state index in [2.05, 4.69) is 55.7 Å². The van der Waals surface area contributed by atoms with Gasteiger partial charge in [-0.2, -0.15) is 0 Å². The van der Waals surface area contributed by atoms with E-state index in [-0.39, 0.29) is 0 Å². The predicted octanol–water partition coefficient (Wildman–Crippen LogP) is 3.97. The van der Waals surface area contributed by atoms with E-state index < -0.39 is 0 Å². The van der Waals surface area contributed by atoms with E-state index in [1.54, 1.807) is 0 Å². The van der Waals surface area contributed by atoms with E-state index in [1.165, 1.54) is 18.4 Å². The Morgan fingerprint density at radius 2 is 1.89 bits per heavy atom. The highest BCUT2D eigenvalue weighted by Gasteiger charge is 1.99. The summed E-state index contributed by atoms with van der Waals surface area (Å²) in [5.41, 5.74) is 2.44. The molecule has 0 spiro atoms. The molecular formula is C15H24N2S. The van der Waals surface area contributed by atoms with Crippen LogP contribution in [0.1, 0.15) is 39.2 Å². The van der Waals surface area contributed by atoms with Crippen molar-refractivity contribution in [2.45, 2.75) is 40.0 Å². The Balaban J connectivity index is 2.40. The monoisotopic (exact) mass is 264 g/mol. The number of hydrogen-bond acceptors (Lipinski definition) is 1. The lowest BCUT2D eigenvalue weighted by Gasteiger charge is -2.12. The van der Waals surface area contributed by atoms with Crippen LogP contribution < -0.4 is 10.6 Å². The van der Waals surface area contributed by atoms with Gasteiger partial charge in [0.1, 0.15) is 0 Å². The standard InChI is InChI=1S/C15H24N2S/c1-4-5-6-13-7-9-14(10-8-13)17-15(18)16-11-12(2)3/h7-10,12H,4-6,11H2,1-3H3,(H2,16,17,18). The number of nitrogens with one attached hydrogen (secondary N) is 2. The molecule has 100 valence electrons. The second-order valence-corrected chi connectivity index (χ2v) is 5.44. The van der Waals surface area contributed by atoms with Crippen molar-refractivity contribution >= 4 is 23.0 Å². The highest BCUT2D eigenvalue weighted by Crippen LogP contribution is 2.11. The highest BCUT2D eigenvalue weighted by molar-refractivity contribution is 7.80. The van der Waals surface area contributed by atoms with Gasteiger partial charge in [0.25, 0.3) is 0 Å². The molecular weight excluding hydrogens is 240 g/mol. The molecule has 1 aromatic carbocycles. The minimum Gasteiger partial charge on any atom is -0.362 e. The zero-order valence-corrected chi connectivity index (χ0v) is 12.4. The van der Waals surface area contributed by atoms with Gasteiger partial charge in [-0.25, -0.2) is 0 Å². The summed E-state index contributed by atoms with van der Waals surface area (Å²) in [5.74, 6) is 0.598. The Bertz CT molecular complexity index is 357. The van der Waals surface area contributed by atoms with Gasteiger partial charge in [0.15, 0.2) is 5.11 Å². The molecule has 0 bridgehead atoms. The van der Waals surface area contributed by atoms with Crippen molar-refractivity contribution < 1.29 is 0 Å². The van der Waals surface area contributed by atoms with Crippen molar-refractivity contribution in [2.24, 2.45) is 5.92 Å². The van der Waals surface area contributed by atoms with E-state index in [0.29, 0.717) is 11.0 Å². The summed E-state index contributed by atoms with van der Waals surface area (Å²) >= 11 is 5.24. The summed E-state index contributed by atoms with van der Waals surface area (Å²) in [6.45, 7) is 7.45. The molecule has 0 heterocycles. The molecule has 0 aromatic heterocycles. The van der Waals surface area contributed by atoms with Gasteiger partial charge >= 0.3 is 0 Å². The van der Waals surface area contributed by atoms with Crippen LogP contribution in [0.2, 0.25) is 0 Å². The Morgan fingerprint density at radius 1 is 1.22 bits per heavy atom. The molecule has 0 unspecified atom stereocenters. The van der Waals surface area contributed by atoms with Gasteiger partial charge < -0.3 is 10.6 Å². The number of thiocarbonyl (C=S) groups is 1. The summed E-state index contributed by atoms with van der Waals surface area (Å²) in [5, 5.41) is 7.10. The van der Waals surface area contributed by atoms with Gasteiger partial charge in [0.2, 0.25) is 0 Å². The van der Waals surface area contributed by atoms with Crippen LogP contribution in [0.3, 0.4) is 0 Å². The minimum absolute atomic E-state index is 0.598. The van der Waals surface area contributed by atoms with Gasteiger partial charge in [0, 0.05) is 12.2 Å². The van der Waals surface area contributed by atoms with Crippen LogP contribution in [-0.2, 0) is 6.42 Å². The molecule has 18 heavy (non-hydrogen) atoms. The number of hydrogen-bond donors (Lipinski definition) is 2. The van der Waals surface area contributed by atoms with Crippen molar-refractivity contribution in [3.63, 3.8) is 0 Å². The quantitative estimate of drug-likeness (QED) is 0.760. The summed E-state index contributed by atoms with van der Waals surface area (Å²) in [6.07, 6.45) is 3.65. The van der Waals surface area contributed by atoms with E-state index in [0.717, 1.165) is 18.7 Å². The van der Waals surface area contributed by atoms with Crippen molar-refractivity contribution in [1.82, 2.24) is 5.32 Å². The van der Waals surface area contributed by atoms with E-state index in [1.807, 2.05) is 0 Å². The SMILES string of the molecule is CCCCc1ccc(NC(=S)NCC(C)C)cc1. The first-order valence-electron chi connectivity index (χ1n) is 6.75. The number of unbranched alkanes of at least 4 members (excludes halogenated alkanes) is 1. The summed E-state index contributed by atoms with van der Waals surface area (Å²) in [6, 6.07) is 8.52. The lowest BCUT2D eigenvalue weighted by molar-refractivity contribution is 0.627. The minimum atomic E-state index is 0.598. The second kappa shape index (κ2) is 8.09. The Kier molecular flexibility index (Phi) is 6.73.